The van der Waals surface area contributed by atoms with Crippen LogP contribution in [0.1, 0.15) is 58.3 Å². The van der Waals surface area contributed by atoms with Crippen LogP contribution in [0.5, 0.6) is 0 Å². The number of hydrogen-bond donors (Lipinski definition) is 0. The summed E-state index contributed by atoms with van der Waals surface area (Å²) in [4.78, 5) is 0. The van der Waals surface area contributed by atoms with Gasteiger partial charge in [-0.15, -0.1) is 0 Å². The molecule has 0 unspecified atom stereocenters. The Labute approximate surface area is 94.2 Å². The van der Waals surface area contributed by atoms with Crippen LogP contribution in [-0.2, 0) is 0 Å². The van der Waals surface area contributed by atoms with Crippen LogP contribution in [0.2, 0.25) is 17.3 Å². The monoisotopic (exact) mass is 259 g/mol. The third-order valence-electron chi connectivity index (χ3n) is 2.56. The van der Waals surface area contributed by atoms with E-state index in [0.717, 1.165) is 0 Å². The van der Waals surface area contributed by atoms with Gasteiger partial charge in [0, 0.05) is 0 Å². The molecule has 0 saturated carbocycles. The first kappa shape index (κ1) is 14.5. The third kappa shape index (κ3) is 12.5. The molecule has 85 valence electrons. The molecule has 0 heterocycles. The zero-order valence-electron chi connectivity index (χ0n) is 10.7. The minimum absolute atomic E-state index is 1.31. The van der Waals surface area contributed by atoms with Crippen molar-refractivity contribution in [1.82, 2.24) is 0 Å². The predicted molar refractivity (Wildman–Crippen MR) is 70.3 cm³/mol. The maximum absolute atomic E-state index is 2.64. The Morgan fingerprint density at radius 1 is 0.786 bits per heavy atom. The molecule has 1 heteroatoms. The van der Waals surface area contributed by atoms with Crippen molar-refractivity contribution in [3.8, 4) is 0 Å². The van der Waals surface area contributed by atoms with E-state index in [1.54, 1.807) is 0 Å². The van der Waals surface area contributed by atoms with Gasteiger partial charge in [0.25, 0.3) is 0 Å². The normalized spacial score (nSPS) is 12.0. The second-order valence-electron chi connectivity index (χ2n) is 5.48. The molecule has 0 nitrogen and oxygen atoms in total. The summed E-state index contributed by atoms with van der Waals surface area (Å²) in [6.45, 7) is 2.28. The van der Waals surface area contributed by atoms with Gasteiger partial charge in [-0.1, -0.05) is 0 Å². The minimum atomic E-state index is -1.31. The molecule has 0 aromatic rings. The molecule has 1 radical (unpaired) electrons. The summed E-state index contributed by atoms with van der Waals surface area (Å²) in [5.74, 6) is 7.42. The molecule has 0 fully saturated rings. The quantitative estimate of drug-likeness (QED) is 0.393. The summed E-state index contributed by atoms with van der Waals surface area (Å²) in [6, 6.07) is 0. The zero-order chi connectivity index (χ0) is 10.9. The van der Waals surface area contributed by atoms with E-state index in [4.69, 9.17) is 0 Å². The predicted octanol–water partition coefficient (Wildman–Crippen LogP) is 5.21. The topological polar surface area (TPSA) is 0 Å². The van der Waals surface area contributed by atoms with Crippen molar-refractivity contribution in [3.05, 3.63) is 5.25 Å². The summed E-state index contributed by atoms with van der Waals surface area (Å²) in [5, 5.41) is 2.64. The molecule has 0 aliphatic carbocycles. The van der Waals surface area contributed by atoms with Gasteiger partial charge in [0.05, 0.1) is 0 Å². The van der Waals surface area contributed by atoms with E-state index in [9.17, 15) is 0 Å². The van der Waals surface area contributed by atoms with Crippen LogP contribution < -0.4 is 0 Å². The fourth-order valence-corrected chi connectivity index (χ4v) is 3.88. The number of rotatable bonds is 9. The molecule has 0 aliphatic rings. The molecule has 0 spiro atoms. The van der Waals surface area contributed by atoms with E-state index in [-0.39, 0.29) is 0 Å². The molecule has 0 aliphatic heterocycles. The Bertz CT molecular complexity index is 113. The van der Waals surface area contributed by atoms with Gasteiger partial charge in [0.1, 0.15) is 0 Å². The van der Waals surface area contributed by atoms with Crippen LogP contribution in [0, 0.1) is 5.25 Å². The molecular weight excluding hydrogens is 229 g/mol. The fraction of sp³-hybridized carbons (Fsp3) is 0.923. The van der Waals surface area contributed by atoms with Crippen molar-refractivity contribution in [3.63, 3.8) is 0 Å². The standard InChI is InChI=1S/C13H29Ge/c1-5-6-7-8-9-10-11-12-13-14(2,3)4/h13H,5-12H2,1-4H3. The molecule has 0 aromatic carbocycles. The first-order valence-electron chi connectivity index (χ1n) is 6.40. The van der Waals surface area contributed by atoms with Crippen molar-refractivity contribution >= 4 is 13.3 Å². The Kier molecular flexibility index (Phi) is 9.16. The molecular formula is C13H29Ge. The zero-order valence-corrected chi connectivity index (χ0v) is 12.8. The van der Waals surface area contributed by atoms with Crippen LogP contribution >= 0.6 is 0 Å². The molecule has 0 saturated heterocycles. The summed E-state index contributed by atoms with van der Waals surface area (Å²) in [7, 11) is 0. The van der Waals surface area contributed by atoms with Crippen molar-refractivity contribution < 1.29 is 0 Å². The molecule has 0 aromatic heterocycles. The average molecular weight is 258 g/mol. The molecule has 0 N–H and O–H groups in total. The van der Waals surface area contributed by atoms with Crippen LogP contribution in [0.3, 0.4) is 0 Å². The molecule has 0 bridgehead atoms. The second-order valence-corrected chi connectivity index (χ2v) is 16.3. The number of hydrogen-bond acceptors (Lipinski definition) is 0. The number of unbranched alkanes of at least 4 members (excludes halogenated alkanes) is 7. The SMILES string of the molecule is CCCCCCCCC[CH][Ge]([CH3])([CH3])[CH3]. The van der Waals surface area contributed by atoms with Crippen molar-refractivity contribution in [2.45, 2.75) is 75.6 Å². The van der Waals surface area contributed by atoms with E-state index in [1.807, 2.05) is 0 Å². The molecule has 0 atom stereocenters. The van der Waals surface area contributed by atoms with Gasteiger partial charge in [-0.05, 0) is 0 Å². The van der Waals surface area contributed by atoms with Crippen molar-refractivity contribution in [1.29, 1.82) is 0 Å². The van der Waals surface area contributed by atoms with Crippen molar-refractivity contribution in [2.75, 3.05) is 0 Å². The Balaban J connectivity index is 2.99. The average Bonchev–Trinajstić information content (AvgIpc) is 2.08. The van der Waals surface area contributed by atoms with Crippen LogP contribution in [0.25, 0.3) is 0 Å². The van der Waals surface area contributed by atoms with E-state index < -0.39 is 13.3 Å². The van der Waals surface area contributed by atoms with Gasteiger partial charge in [0.2, 0.25) is 0 Å². The van der Waals surface area contributed by atoms with Gasteiger partial charge in [0.15, 0.2) is 0 Å². The van der Waals surface area contributed by atoms with Crippen LogP contribution in [-0.4, -0.2) is 13.3 Å². The van der Waals surface area contributed by atoms with E-state index in [2.05, 4.69) is 29.4 Å². The van der Waals surface area contributed by atoms with Gasteiger partial charge >= 0.3 is 94.1 Å². The first-order chi connectivity index (χ1) is 6.56. The summed E-state index contributed by atoms with van der Waals surface area (Å²) >= 11 is -1.31. The van der Waals surface area contributed by atoms with Gasteiger partial charge in [-0.3, -0.25) is 0 Å². The van der Waals surface area contributed by atoms with Crippen LogP contribution in [0.4, 0.5) is 0 Å². The van der Waals surface area contributed by atoms with Crippen molar-refractivity contribution in [2.24, 2.45) is 0 Å². The van der Waals surface area contributed by atoms with Gasteiger partial charge in [-0.25, -0.2) is 0 Å². The Hall–Kier alpha value is 0.543. The van der Waals surface area contributed by atoms with E-state index >= 15 is 0 Å². The van der Waals surface area contributed by atoms with Gasteiger partial charge in [-0.2, -0.15) is 0 Å². The molecule has 14 heavy (non-hydrogen) atoms. The first-order valence-corrected chi connectivity index (χ1v) is 13.9. The fourth-order valence-electron chi connectivity index (χ4n) is 1.64. The molecule has 0 amide bonds. The van der Waals surface area contributed by atoms with E-state index in [0.29, 0.717) is 0 Å². The summed E-state index contributed by atoms with van der Waals surface area (Å²) < 4.78 is 0. The van der Waals surface area contributed by atoms with Crippen LogP contribution in [0.15, 0.2) is 0 Å². The van der Waals surface area contributed by atoms with Gasteiger partial charge < -0.3 is 0 Å². The summed E-state index contributed by atoms with van der Waals surface area (Å²) in [5.41, 5.74) is 0. The van der Waals surface area contributed by atoms with E-state index in [1.165, 1.54) is 51.4 Å². The Morgan fingerprint density at radius 3 is 1.79 bits per heavy atom. The molecule has 0 rings (SSSR count). The summed E-state index contributed by atoms with van der Waals surface area (Å²) in [6.07, 6.45) is 11.5. The maximum atomic E-state index is 2.64. The second kappa shape index (κ2) is 8.82. The third-order valence-corrected chi connectivity index (χ3v) is 5.74. The Morgan fingerprint density at radius 2 is 1.29 bits per heavy atom.